The zero-order valence-corrected chi connectivity index (χ0v) is 20.4. The number of nitrogens with one attached hydrogen (secondary N) is 3. The second kappa shape index (κ2) is 8.68. The summed E-state index contributed by atoms with van der Waals surface area (Å²) in [6.07, 6.45) is 0.0704. The van der Waals surface area contributed by atoms with E-state index in [1.54, 1.807) is 6.07 Å². The van der Waals surface area contributed by atoms with Gasteiger partial charge in [-0.15, -0.1) is 0 Å². The van der Waals surface area contributed by atoms with Crippen LogP contribution in [0.5, 0.6) is 0 Å². The molecule has 0 spiro atoms. The molecule has 1 amide bonds. The Morgan fingerprint density at radius 1 is 1.06 bits per heavy atom. The van der Waals surface area contributed by atoms with E-state index in [0.717, 1.165) is 21.3 Å². The first kappa shape index (κ1) is 22.6. The lowest BCUT2D eigenvalue weighted by molar-refractivity contribution is -0.118. The number of benzene rings is 3. The Balaban J connectivity index is 1.34. The number of H-pyrrole nitrogens is 1. The van der Waals surface area contributed by atoms with Crippen molar-refractivity contribution in [1.29, 1.82) is 0 Å². The molecule has 11 heteroatoms. The third-order valence-electron chi connectivity index (χ3n) is 6.18. The van der Waals surface area contributed by atoms with Crippen molar-refractivity contribution in [2.45, 2.75) is 24.1 Å². The minimum atomic E-state index is -3.93. The Kier molecular flexibility index (Phi) is 5.45. The second-order valence-corrected chi connectivity index (χ2v) is 11.5. The number of halogens is 1. The van der Waals surface area contributed by atoms with Gasteiger partial charge in [0.05, 0.1) is 33.7 Å². The highest BCUT2D eigenvalue weighted by Gasteiger charge is 2.39. The Bertz CT molecular complexity index is 1660. The number of thiazole rings is 1. The zero-order chi connectivity index (χ0) is 24.9. The fourth-order valence-corrected chi connectivity index (χ4v) is 6.82. The molecule has 3 aromatic carbocycles. The maximum Gasteiger partial charge on any atom is 0.242 e. The van der Waals surface area contributed by atoms with E-state index in [2.05, 4.69) is 15.3 Å². The molecule has 8 nitrogen and oxygen atoms in total. The van der Waals surface area contributed by atoms with Gasteiger partial charge < -0.3 is 10.3 Å². The van der Waals surface area contributed by atoms with Crippen LogP contribution in [0.4, 0.5) is 9.52 Å². The predicted octanol–water partition coefficient (Wildman–Crippen LogP) is 4.60. The molecule has 5 aromatic rings. The minimum absolute atomic E-state index is 0.0171. The van der Waals surface area contributed by atoms with Gasteiger partial charge in [0.1, 0.15) is 16.9 Å². The molecule has 1 aliphatic rings. The molecule has 2 atom stereocenters. The van der Waals surface area contributed by atoms with Crippen LogP contribution in [-0.2, 0) is 21.2 Å². The highest BCUT2D eigenvalue weighted by Crippen LogP contribution is 2.34. The van der Waals surface area contributed by atoms with Crippen molar-refractivity contribution in [3.63, 3.8) is 0 Å². The third-order valence-corrected chi connectivity index (χ3v) is 8.83. The lowest BCUT2D eigenvalue weighted by Crippen LogP contribution is -2.22. The molecule has 3 heterocycles. The summed E-state index contributed by atoms with van der Waals surface area (Å²) in [7, 11) is -3.93. The first-order valence-corrected chi connectivity index (χ1v) is 13.6. The van der Waals surface area contributed by atoms with Crippen LogP contribution in [-0.4, -0.2) is 29.3 Å². The summed E-state index contributed by atoms with van der Waals surface area (Å²) in [4.78, 5) is 24.3. The smallest absolute Gasteiger partial charge is 0.242 e. The number of hydrogen-bond donors (Lipinski definition) is 3. The molecule has 1 fully saturated rings. The summed E-state index contributed by atoms with van der Waals surface area (Å²) in [6.45, 7) is 0. The van der Waals surface area contributed by atoms with Crippen LogP contribution in [0.15, 0.2) is 66.7 Å². The van der Waals surface area contributed by atoms with E-state index in [1.165, 1.54) is 23.5 Å². The number of carbonyl (C=O) groups excluding carboxylic acids is 1. The number of rotatable bonds is 6. The number of imidazole rings is 1. The summed E-state index contributed by atoms with van der Waals surface area (Å²) in [5.41, 5.74) is 3.20. The Labute approximate surface area is 209 Å². The topological polar surface area (TPSA) is 117 Å². The molecule has 0 saturated carbocycles. The van der Waals surface area contributed by atoms with Crippen molar-refractivity contribution in [3.8, 4) is 0 Å². The molecular formula is C25H20FN5O3S2. The summed E-state index contributed by atoms with van der Waals surface area (Å²) >= 11 is 1.52. The van der Waals surface area contributed by atoms with Crippen molar-refractivity contribution < 1.29 is 17.6 Å². The predicted molar refractivity (Wildman–Crippen MR) is 137 cm³/mol. The van der Waals surface area contributed by atoms with E-state index in [1.807, 2.05) is 53.3 Å². The number of nitrogens with zero attached hydrogens (tertiary/aromatic N) is 2. The first-order valence-electron chi connectivity index (χ1n) is 11.3. The molecule has 36 heavy (non-hydrogen) atoms. The van der Waals surface area contributed by atoms with Crippen LogP contribution < -0.4 is 10.0 Å². The fourth-order valence-electron chi connectivity index (χ4n) is 4.46. The van der Waals surface area contributed by atoms with Crippen LogP contribution >= 0.6 is 11.3 Å². The molecular weight excluding hydrogens is 501 g/mol. The molecule has 0 radical (unpaired) electrons. The summed E-state index contributed by atoms with van der Waals surface area (Å²) in [6, 6.07) is 19.6. The van der Waals surface area contributed by atoms with Crippen molar-refractivity contribution >= 4 is 53.6 Å². The van der Waals surface area contributed by atoms with Gasteiger partial charge >= 0.3 is 0 Å². The SMILES string of the molecule is O=C1CC(c2ccc(CC(Nc3nc4ccccc4s3)c3nc4ccccc4[nH]3)cc2F)S(=O)(=O)N1. The van der Waals surface area contributed by atoms with Gasteiger partial charge in [-0.05, 0) is 42.3 Å². The summed E-state index contributed by atoms with van der Waals surface area (Å²) < 4.78 is 42.5. The summed E-state index contributed by atoms with van der Waals surface area (Å²) in [5, 5.41) is 2.92. The number of anilines is 1. The van der Waals surface area contributed by atoms with Gasteiger partial charge in [0.15, 0.2) is 5.13 Å². The van der Waals surface area contributed by atoms with E-state index in [0.29, 0.717) is 22.9 Å². The molecule has 3 N–H and O–H groups in total. The normalized spacial score (nSPS) is 17.9. The van der Waals surface area contributed by atoms with Crippen molar-refractivity contribution in [2.75, 3.05) is 5.32 Å². The number of carbonyl (C=O) groups is 1. The van der Waals surface area contributed by atoms with Crippen LogP contribution in [0.2, 0.25) is 0 Å². The number of amides is 1. The highest BCUT2D eigenvalue weighted by atomic mass is 32.2. The van der Waals surface area contributed by atoms with E-state index < -0.39 is 27.0 Å². The largest absolute Gasteiger partial charge is 0.351 e. The van der Waals surface area contributed by atoms with Gasteiger partial charge in [-0.2, -0.15) is 0 Å². The molecule has 1 aliphatic heterocycles. The Morgan fingerprint density at radius 3 is 2.56 bits per heavy atom. The molecule has 6 rings (SSSR count). The van der Waals surface area contributed by atoms with Crippen molar-refractivity contribution in [2.24, 2.45) is 0 Å². The summed E-state index contributed by atoms with van der Waals surface area (Å²) in [5.74, 6) is -0.623. The number of para-hydroxylation sites is 3. The van der Waals surface area contributed by atoms with E-state index in [9.17, 15) is 13.2 Å². The van der Waals surface area contributed by atoms with Crippen LogP contribution in [0.3, 0.4) is 0 Å². The lowest BCUT2D eigenvalue weighted by atomic mass is 10.0. The van der Waals surface area contributed by atoms with Crippen LogP contribution in [0.1, 0.15) is 34.7 Å². The lowest BCUT2D eigenvalue weighted by Gasteiger charge is -2.17. The number of aromatic amines is 1. The van der Waals surface area contributed by atoms with Gasteiger partial charge in [-0.3, -0.25) is 9.52 Å². The van der Waals surface area contributed by atoms with Gasteiger partial charge in [0.25, 0.3) is 0 Å². The first-order chi connectivity index (χ1) is 17.4. The monoisotopic (exact) mass is 521 g/mol. The maximum atomic E-state index is 15.1. The Morgan fingerprint density at radius 2 is 1.83 bits per heavy atom. The molecule has 2 unspecified atom stereocenters. The standard InChI is InChI=1S/C25H20FN5O3S2/c26-16-11-14(9-10-15(16)22-13-23(32)31-36(22,33)34)12-20(24-27-17-5-1-2-6-18(17)28-24)30-25-29-19-7-3-4-8-21(19)35-25/h1-11,20,22H,12-13H2,(H,27,28)(H,29,30)(H,31,32). The van der Waals surface area contributed by atoms with Crippen LogP contribution in [0.25, 0.3) is 21.3 Å². The van der Waals surface area contributed by atoms with Crippen LogP contribution in [0, 0.1) is 5.82 Å². The van der Waals surface area contributed by atoms with Gasteiger partial charge in [0, 0.05) is 5.56 Å². The molecule has 0 aliphatic carbocycles. The number of sulfonamides is 1. The minimum Gasteiger partial charge on any atom is -0.351 e. The number of fused-ring (bicyclic) bond motifs is 2. The van der Waals surface area contributed by atoms with Gasteiger partial charge in [0.2, 0.25) is 15.9 Å². The average Bonchev–Trinajstić information content (AvgIpc) is 3.52. The quantitative estimate of drug-likeness (QED) is 0.301. The number of hydrogen-bond acceptors (Lipinski definition) is 7. The highest BCUT2D eigenvalue weighted by molar-refractivity contribution is 7.90. The maximum absolute atomic E-state index is 15.1. The van der Waals surface area contributed by atoms with Crippen molar-refractivity contribution in [3.05, 3.63) is 89.5 Å². The second-order valence-electron chi connectivity index (χ2n) is 8.65. The van der Waals surface area contributed by atoms with Gasteiger partial charge in [-0.1, -0.05) is 47.7 Å². The average molecular weight is 522 g/mol. The number of aromatic nitrogens is 3. The fraction of sp³-hybridized carbons (Fsp3) is 0.160. The molecule has 0 bridgehead atoms. The molecule has 182 valence electrons. The van der Waals surface area contributed by atoms with Gasteiger partial charge in [-0.25, -0.2) is 22.8 Å². The Hall–Kier alpha value is -3.83. The third kappa shape index (κ3) is 4.20. The molecule has 1 saturated heterocycles. The zero-order valence-electron chi connectivity index (χ0n) is 18.7. The molecule has 2 aromatic heterocycles. The van der Waals surface area contributed by atoms with E-state index >= 15 is 4.39 Å². The van der Waals surface area contributed by atoms with E-state index in [-0.39, 0.29) is 18.0 Å². The van der Waals surface area contributed by atoms with E-state index in [4.69, 9.17) is 4.98 Å². The van der Waals surface area contributed by atoms with Crippen molar-refractivity contribution in [1.82, 2.24) is 19.7 Å².